The van der Waals surface area contributed by atoms with Crippen LogP contribution in [0.1, 0.15) is 28.4 Å². The molecule has 0 heterocycles. The van der Waals surface area contributed by atoms with Crippen LogP contribution in [0.15, 0.2) is 84.0 Å². The Balaban J connectivity index is 1.44. The zero-order chi connectivity index (χ0) is 25.3. The number of nitrogens with one attached hydrogen (secondary N) is 1. The average molecular weight is 485 g/mol. The number of benzene rings is 4. The zero-order valence-electron chi connectivity index (χ0n) is 20.5. The number of methoxy groups -OCH3 is 2. The van der Waals surface area contributed by atoms with Gasteiger partial charge in [0.1, 0.15) is 6.61 Å². The maximum atomic E-state index is 12.5. The number of fused-ring (bicyclic) bond motifs is 1. The molecule has 0 spiro atoms. The molecule has 184 valence electrons. The van der Waals surface area contributed by atoms with Crippen molar-refractivity contribution in [2.45, 2.75) is 13.5 Å². The summed E-state index contributed by atoms with van der Waals surface area (Å²) >= 11 is 0. The smallest absolute Gasteiger partial charge is 0.271 e. The highest BCUT2D eigenvalue weighted by Gasteiger charge is 2.11. The quantitative estimate of drug-likeness (QED) is 0.234. The summed E-state index contributed by atoms with van der Waals surface area (Å²) in [5.74, 6) is 1.88. The van der Waals surface area contributed by atoms with E-state index in [9.17, 15) is 4.79 Å². The predicted molar refractivity (Wildman–Crippen MR) is 140 cm³/mol. The molecule has 0 aliphatic heterocycles. The number of ether oxygens (including phenoxy) is 4. The van der Waals surface area contributed by atoms with Gasteiger partial charge in [0.15, 0.2) is 23.0 Å². The summed E-state index contributed by atoms with van der Waals surface area (Å²) in [6.45, 7) is 2.82. The number of nitrogens with zero attached hydrogens (tertiary/aromatic N) is 1. The lowest BCUT2D eigenvalue weighted by atomic mass is 10.1. The van der Waals surface area contributed by atoms with Crippen LogP contribution in [0, 0.1) is 0 Å². The van der Waals surface area contributed by atoms with Gasteiger partial charge in [-0.15, -0.1) is 0 Å². The minimum Gasteiger partial charge on any atom is -0.493 e. The second-order valence-electron chi connectivity index (χ2n) is 7.84. The molecule has 0 radical (unpaired) electrons. The summed E-state index contributed by atoms with van der Waals surface area (Å²) in [6, 6.07) is 24.8. The lowest BCUT2D eigenvalue weighted by Crippen LogP contribution is -2.17. The first-order valence-electron chi connectivity index (χ1n) is 11.5. The molecule has 4 rings (SSSR count). The molecule has 0 aromatic heterocycles. The Hall–Kier alpha value is -4.52. The van der Waals surface area contributed by atoms with Crippen LogP contribution >= 0.6 is 0 Å². The molecule has 1 amide bonds. The van der Waals surface area contributed by atoms with E-state index in [0.717, 1.165) is 16.5 Å². The van der Waals surface area contributed by atoms with E-state index >= 15 is 0 Å². The van der Waals surface area contributed by atoms with Crippen molar-refractivity contribution in [3.63, 3.8) is 0 Å². The molecular weight excluding hydrogens is 456 g/mol. The molecule has 0 saturated carbocycles. The highest BCUT2D eigenvalue weighted by Crippen LogP contribution is 2.30. The van der Waals surface area contributed by atoms with Crippen LogP contribution in [0.25, 0.3) is 10.8 Å². The van der Waals surface area contributed by atoms with Gasteiger partial charge in [-0.05, 0) is 65.2 Å². The number of hydrazone groups is 1. The van der Waals surface area contributed by atoms with Gasteiger partial charge in [-0.3, -0.25) is 4.79 Å². The Kier molecular flexibility index (Phi) is 8.03. The van der Waals surface area contributed by atoms with Gasteiger partial charge in [0, 0.05) is 5.56 Å². The molecule has 4 aromatic rings. The number of hydrogen-bond acceptors (Lipinski definition) is 6. The van der Waals surface area contributed by atoms with Gasteiger partial charge in [-0.25, -0.2) is 5.43 Å². The van der Waals surface area contributed by atoms with Crippen molar-refractivity contribution in [3.8, 4) is 23.0 Å². The van der Waals surface area contributed by atoms with E-state index in [-0.39, 0.29) is 5.91 Å². The molecule has 0 atom stereocenters. The van der Waals surface area contributed by atoms with Crippen molar-refractivity contribution in [1.82, 2.24) is 5.43 Å². The van der Waals surface area contributed by atoms with E-state index in [2.05, 4.69) is 34.8 Å². The molecule has 7 heteroatoms. The van der Waals surface area contributed by atoms with Crippen LogP contribution < -0.4 is 24.4 Å². The summed E-state index contributed by atoms with van der Waals surface area (Å²) < 4.78 is 22.4. The summed E-state index contributed by atoms with van der Waals surface area (Å²) in [5.41, 5.74) is 4.78. The van der Waals surface area contributed by atoms with Crippen LogP contribution in [-0.4, -0.2) is 32.9 Å². The Morgan fingerprint density at radius 3 is 2.42 bits per heavy atom. The van der Waals surface area contributed by atoms with Gasteiger partial charge in [0.05, 0.1) is 27.0 Å². The molecular formula is C29H28N2O5. The lowest BCUT2D eigenvalue weighted by Gasteiger charge is -2.13. The van der Waals surface area contributed by atoms with Crippen molar-refractivity contribution >= 4 is 22.9 Å². The number of rotatable bonds is 10. The van der Waals surface area contributed by atoms with E-state index in [4.69, 9.17) is 18.9 Å². The minimum absolute atomic E-state index is 0.368. The fraction of sp³-hybridized carbons (Fsp3) is 0.172. The maximum absolute atomic E-state index is 12.5. The van der Waals surface area contributed by atoms with E-state index in [1.165, 1.54) is 12.5 Å². The lowest BCUT2D eigenvalue weighted by molar-refractivity contribution is 0.0954. The first-order valence-corrected chi connectivity index (χ1v) is 11.5. The maximum Gasteiger partial charge on any atom is 0.271 e. The fourth-order valence-corrected chi connectivity index (χ4v) is 3.77. The van der Waals surface area contributed by atoms with Crippen molar-refractivity contribution < 1.29 is 23.7 Å². The standard InChI is InChI=1S/C29H28N2O5/c1-4-35-28-16-20(18-30-31-29(32)22-13-15-25(33-2)27(17-22)34-3)12-14-26(28)36-19-23-10-7-9-21-8-5-6-11-24(21)23/h5-18H,4,19H2,1-3H3,(H,31,32)/b30-18+. The Morgan fingerprint density at radius 2 is 1.61 bits per heavy atom. The first-order chi connectivity index (χ1) is 17.6. The third-order valence-corrected chi connectivity index (χ3v) is 5.56. The molecule has 1 N–H and O–H groups in total. The van der Waals surface area contributed by atoms with E-state index in [1.807, 2.05) is 43.3 Å². The van der Waals surface area contributed by atoms with Gasteiger partial charge < -0.3 is 18.9 Å². The SMILES string of the molecule is CCOc1cc(/C=N/NC(=O)c2ccc(OC)c(OC)c2)ccc1OCc1cccc2ccccc12. The van der Waals surface area contributed by atoms with Crippen molar-refractivity contribution in [3.05, 3.63) is 95.6 Å². The van der Waals surface area contributed by atoms with Crippen molar-refractivity contribution in [2.75, 3.05) is 20.8 Å². The van der Waals surface area contributed by atoms with Crippen LogP contribution in [0.3, 0.4) is 0 Å². The molecule has 0 bridgehead atoms. The molecule has 0 fully saturated rings. The predicted octanol–water partition coefficient (Wildman–Crippen LogP) is 5.60. The van der Waals surface area contributed by atoms with Crippen LogP contribution in [-0.2, 0) is 6.61 Å². The summed E-state index contributed by atoms with van der Waals surface area (Å²) in [4.78, 5) is 12.5. The molecule has 4 aromatic carbocycles. The Labute approximate surface area is 210 Å². The fourth-order valence-electron chi connectivity index (χ4n) is 3.77. The highest BCUT2D eigenvalue weighted by atomic mass is 16.5. The van der Waals surface area contributed by atoms with Crippen LogP contribution in [0.5, 0.6) is 23.0 Å². The molecule has 0 unspecified atom stereocenters. The van der Waals surface area contributed by atoms with E-state index in [1.54, 1.807) is 31.5 Å². The molecule has 7 nitrogen and oxygen atoms in total. The van der Waals surface area contributed by atoms with Gasteiger partial charge >= 0.3 is 0 Å². The number of amides is 1. The molecule has 0 aliphatic rings. The van der Waals surface area contributed by atoms with Crippen molar-refractivity contribution in [1.29, 1.82) is 0 Å². The van der Waals surface area contributed by atoms with Gasteiger partial charge in [-0.2, -0.15) is 5.10 Å². The largest absolute Gasteiger partial charge is 0.493 e. The third kappa shape index (κ3) is 5.75. The van der Waals surface area contributed by atoms with E-state index < -0.39 is 0 Å². The van der Waals surface area contributed by atoms with Crippen molar-refractivity contribution in [2.24, 2.45) is 5.10 Å². The molecule has 0 aliphatic carbocycles. The average Bonchev–Trinajstić information content (AvgIpc) is 2.92. The first kappa shape index (κ1) is 24.6. The summed E-state index contributed by atoms with van der Waals surface area (Å²) in [7, 11) is 3.06. The van der Waals surface area contributed by atoms with Gasteiger partial charge in [0.25, 0.3) is 5.91 Å². The van der Waals surface area contributed by atoms with Crippen LogP contribution in [0.4, 0.5) is 0 Å². The van der Waals surface area contributed by atoms with Crippen LogP contribution in [0.2, 0.25) is 0 Å². The molecule has 0 saturated heterocycles. The molecule has 36 heavy (non-hydrogen) atoms. The minimum atomic E-state index is -0.368. The number of carbonyl (C=O) groups is 1. The Bertz CT molecular complexity index is 1380. The monoisotopic (exact) mass is 484 g/mol. The van der Waals surface area contributed by atoms with Gasteiger partial charge in [-0.1, -0.05) is 42.5 Å². The summed E-state index contributed by atoms with van der Waals surface area (Å²) in [6.07, 6.45) is 1.55. The highest BCUT2D eigenvalue weighted by molar-refractivity contribution is 5.95. The topological polar surface area (TPSA) is 78.4 Å². The Morgan fingerprint density at radius 1 is 0.833 bits per heavy atom. The zero-order valence-corrected chi connectivity index (χ0v) is 20.5. The number of hydrogen-bond donors (Lipinski definition) is 1. The second kappa shape index (κ2) is 11.8. The third-order valence-electron chi connectivity index (χ3n) is 5.56. The van der Waals surface area contributed by atoms with Gasteiger partial charge in [0.2, 0.25) is 0 Å². The normalized spacial score (nSPS) is 10.9. The summed E-state index contributed by atoms with van der Waals surface area (Å²) in [5, 5.41) is 6.41. The van der Waals surface area contributed by atoms with E-state index in [0.29, 0.717) is 41.8 Å². The number of carbonyl (C=O) groups excluding carboxylic acids is 1. The second-order valence-corrected chi connectivity index (χ2v) is 7.84.